The normalized spacial score (nSPS) is 12.7. The lowest BCUT2D eigenvalue weighted by Gasteiger charge is -2.22. The van der Waals surface area contributed by atoms with Crippen molar-refractivity contribution in [3.63, 3.8) is 0 Å². The molecule has 0 bridgehead atoms. The molecule has 21 heavy (non-hydrogen) atoms. The van der Waals surface area contributed by atoms with Crippen LogP contribution >= 0.6 is 0 Å². The molecule has 1 N–H and O–H groups in total. The van der Waals surface area contributed by atoms with Gasteiger partial charge in [0.15, 0.2) is 0 Å². The highest BCUT2D eigenvalue weighted by Gasteiger charge is 2.14. The largest absolute Gasteiger partial charge is 0.387 e. The molecule has 3 heteroatoms. The number of rotatable bonds is 5. The highest BCUT2D eigenvalue weighted by molar-refractivity contribution is 5.32. The molecule has 0 heterocycles. The van der Waals surface area contributed by atoms with Crippen LogP contribution < -0.4 is 0 Å². The zero-order valence-electron chi connectivity index (χ0n) is 12.8. The van der Waals surface area contributed by atoms with Gasteiger partial charge in [-0.3, -0.25) is 4.90 Å². The molecule has 2 rings (SSSR count). The molecule has 0 aromatic heterocycles. The van der Waals surface area contributed by atoms with Gasteiger partial charge in [0, 0.05) is 18.7 Å². The minimum absolute atomic E-state index is 0.203. The third-order valence-electron chi connectivity index (χ3n) is 3.67. The summed E-state index contributed by atoms with van der Waals surface area (Å²) in [6.45, 7) is 4.99. The number of aliphatic hydroxyl groups is 1. The Labute approximate surface area is 125 Å². The Morgan fingerprint density at radius 2 is 1.86 bits per heavy atom. The third-order valence-corrected chi connectivity index (χ3v) is 3.67. The summed E-state index contributed by atoms with van der Waals surface area (Å²) >= 11 is 0. The van der Waals surface area contributed by atoms with Crippen molar-refractivity contribution in [2.75, 3.05) is 13.6 Å². The first-order chi connectivity index (χ1) is 9.97. The molecule has 2 aromatic rings. The van der Waals surface area contributed by atoms with E-state index in [4.69, 9.17) is 0 Å². The molecule has 0 fully saturated rings. The first-order valence-electron chi connectivity index (χ1n) is 7.14. The maximum absolute atomic E-state index is 13.6. The van der Waals surface area contributed by atoms with E-state index in [2.05, 4.69) is 6.07 Å². The van der Waals surface area contributed by atoms with Crippen molar-refractivity contribution >= 4 is 0 Å². The number of benzene rings is 2. The zero-order valence-corrected chi connectivity index (χ0v) is 12.8. The van der Waals surface area contributed by atoms with E-state index in [1.165, 1.54) is 11.6 Å². The summed E-state index contributed by atoms with van der Waals surface area (Å²) in [4.78, 5) is 1.93. The van der Waals surface area contributed by atoms with Gasteiger partial charge in [0.25, 0.3) is 0 Å². The fraction of sp³-hybridized carbons (Fsp3) is 0.333. The van der Waals surface area contributed by atoms with E-state index in [-0.39, 0.29) is 5.82 Å². The van der Waals surface area contributed by atoms with Crippen molar-refractivity contribution in [1.29, 1.82) is 0 Å². The standard InChI is InChI=1S/C18H22FNO/c1-13-8-9-16(14(2)10-13)18(21)12-20(3)11-15-6-4-5-7-17(15)19/h4-10,18,21H,11-12H2,1-3H3. The molecule has 1 atom stereocenters. The average molecular weight is 287 g/mol. The highest BCUT2D eigenvalue weighted by atomic mass is 19.1. The number of halogens is 1. The first kappa shape index (κ1) is 15.7. The molecule has 0 saturated carbocycles. The molecular weight excluding hydrogens is 265 g/mol. The van der Waals surface area contributed by atoms with Gasteiger partial charge in [-0.15, -0.1) is 0 Å². The minimum atomic E-state index is -0.567. The fourth-order valence-corrected chi connectivity index (χ4v) is 2.58. The van der Waals surface area contributed by atoms with Crippen molar-refractivity contribution in [3.8, 4) is 0 Å². The summed E-state index contributed by atoms with van der Waals surface area (Å²) in [7, 11) is 1.89. The van der Waals surface area contributed by atoms with Crippen LogP contribution in [0.15, 0.2) is 42.5 Å². The molecule has 0 amide bonds. The van der Waals surface area contributed by atoms with Crippen LogP contribution in [0.4, 0.5) is 4.39 Å². The van der Waals surface area contributed by atoms with Crippen molar-refractivity contribution in [2.24, 2.45) is 0 Å². The number of aliphatic hydroxyl groups excluding tert-OH is 1. The summed E-state index contributed by atoms with van der Waals surface area (Å²) in [5, 5.41) is 10.4. The Morgan fingerprint density at radius 3 is 2.52 bits per heavy atom. The van der Waals surface area contributed by atoms with Gasteiger partial charge in [-0.05, 0) is 38.1 Å². The van der Waals surface area contributed by atoms with Gasteiger partial charge in [0.05, 0.1) is 6.10 Å². The maximum Gasteiger partial charge on any atom is 0.127 e. The van der Waals surface area contributed by atoms with Gasteiger partial charge in [-0.25, -0.2) is 4.39 Å². The Bertz CT molecular complexity index is 612. The summed E-state index contributed by atoms with van der Waals surface area (Å²) in [6.07, 6.45) is -0.567. The van der Waals surface area contributed by atoms with Crippen LogP contribution in [0, 0.1) is 19.7 Å². The van der Waals surface area contributed by atoms with E-state index < -0.39 is 6.10 Å². The smallest absolute Gasteiger partial charge is 0.127 e. The lowest BCUT2D eigenvalue weighted by Crippen LogP contribution is -2.25. The number of hydrogen-bond donors (Lipinski definition) is 1. The number of hydrogen-bond acceptors (Lipinski definition) is 2. The second kappa shape index (κ2) is 6.83. The van der Waals surface area contributed by atoms with Crippen LogP contribution in [0.3, 0.4) is 0 Å². The molecular formula is C18H22FNO. The summed E-state index contributed by atoms with van der Waals surface area (Å²) in [5.74, 6) is -0.203. The van der Waals surface area contributed by atoms with Gasteiger partial charge < -0.3 is 5.11 Å². The summed E-state index contributed by atoms with van der Waals surface area (Å²) in [6, 6.07) is 12.8. The molecule has 0 aliphatic carbocycles. The SMILES string of the molecule is Cc1ccc(C(O)CN(C)Cc2ccccc2F)c(C)c1. The Kier molecular flexibility index (Phi) is 5.10. The van der Waals surface area contributed by atoms with Gasteiger partial charge >= 0.3 is 0 Å². The third kappa shape index (κ3) is 4.13. The number of aryl methyl sites for hydroxylation is 2. The average Bonchev–Trinajstić information content (AvgIpc) is 2.41. The van der Waals surface area contributed by atoms with E-state index in [0.717, 1.165) is 11.1 Å². The van der Waals surface area contributed by atoms with Crippen LogP contribution in [0.2, 0.25) is 0 Å². The van der Waals surface area contributed by atoms with Gasteiger partial charge in [0.1, 0.15) is 5.82 Å². The molecule has 0 aliphatic heterocycles. The molecule has 0 saturated heterocycles. The van der Waals surface area contributed by atoms with Crippen LogP contribution in [-0.4, -0.2) is 23.6 Å². The van der Waals surface area contributed by atoms with Crippen molar-refractivity contribution in [2.45, 2.75) is 26.5 Å². The predicted molar refractivity (Wildman–Crippen MR) is 83.6 cm³/mol. The van der Waals surface area contributed by atoms with E-state index in [1.54, 1.807) is 12.1 Å². The van der Waals surface area contributed by atoms with E-state index in [9.17, 15) is 9.50 Å². The van der Waals surface area contributed by atoms with E-state index in [0.29, 0.717) is 18.7 Å². The van der Waals surface area contributed by atoms with Gasteiger partial charge in [-0.1, -0.05) is 42.0 Å². The second-order valence-corrected chi connectivity index (χ2v) is 5.66. The van der Waals surface area contributed by atoms with Crippen molar-refractivity contribution in [1.82, 2.24) is 4.90 Å². The molecule has 2 aromatic carbocycles. The first-order valence-corrected chi connectivity index (χ1v) is 7.14. The molecule has 0 aliphatic rings. The lowest BCUT2D eigenvalue weighted by atomic mass is 10.0. The zero-order chi connectivity index (χ0) is 15.4. The Balaban J connectivity index is 2.02. The predicted octanol–water partition coefficient (Wildman–Crippen LogP) is 3.61. The molecule has 1 unspecified atom stereocenters. The topological polar surface area (TPSA) is 23.5 Å². The van der Waals surface area contributed by atoms with Crippen LogP contribution in [0.1, 0.15) is 28.4 Å². The van der Waals surface area contributed by atoms with E-state index >= 15 is 0 Å². The van der Waals surface area contributed by atoms with Gasteiger partial charge in [0.2, 0.25) is 0 Å². The monoisotopic (exact) mass is 287 g/mol. The summed E-state index contributed by atoms with van der Waals surface area (Å²) < 4.78 is 13.6. The summed E-state index contributed by atoms with van der Waals surface area (Å²) in [5.41, 5.74) is 3.85. The lowest BCUT2D eigenvalue weighted by molar-refractivity contribution is 0.122. The Morgan fingerprint density at radius 1 is 1.14 bits per heavy atom. The van der Waals surface area contributed by atoms with Crippen LogP contribution in [-0.2, 0) is 6.54 Å². The van der Waals surface area contributed by atoms with Crippen LogP contribution in [0.25, 0.3) is 0 Å². The second-order valence-electron chi connectivity index (χ2n) is 5.66. The van der Waals surface area contributed by atoms with Crippen molar-refractivity contribution < 1.29 is 9.50 Å². The highest BCUT2D eigenvalue weighted by Crippen LogP contribution is 2.20. The fourth-order valence-electron chi connectivity index (χ4n) is 2.58. The quantitative estimate of drug-likeness (QED) is 0.908. The number of likely N-dealkylation sites (N-methyl/N-ethyl adjacent to an activating group) is 1. The number of nitrogens with zero attached hydrogens (tertiary/aromatic N) is 1. The molecule has 0 radical (unpaired) electrons. The molecule has 0 spiro atoms. The van der Waals surface area contributed by atoms with Crippen LogP contribution in [0.5, 0.6) is 0 Å². The molecule has 112 valence electrons. The van der Waals surface area contributed by atoms with E-state index in [1.807, 2.05) is 44.0 Å². The maximum atomic E-state index is 13.6. The molecule has 2 nitrogen and oxygen atoms in total. The van der Waals surface area contributed by atoms with Gasteiger partial charge in [-0.2, -0.15) is 0 Å². The Hall–Kier alpha value is -1.71. The van der Waals surface area contributed by atoms with Crippen molar-refractivity contribution in [3.05, 3.63) is 70.5 Å². The minimum Gasteiger partial charge on any atom is -0.387 e.